The highest BCUT2D eigenvalue weighted by molar-refractivity contribution is 5.85. The lowest BCUT2D eigenvalue weighted by molar-refractivity contribution is -0.120. The van der Waals surface area contributed by atoms with Crippen LogP contribution in [0.1, 0.15) is 44.6 Å². The Morgan fingerprint density at radius 2 is 2.07 bits per heavy atom. The van der Waals surface area contributed by atoms with Crippen molar-refractivity contribution >= 4 is 17.5 Å². The quantitative estimate of drug-likeness (QED) is 0.672. The van der Waals surface area contributed by atoms with Crippen molar-refractivity contribution in [1.82, 2.24) is 9.97 Å². The van der Waals surface area contributed by atoms with Gasteiger partial charge in [-0.05, 0) is 24.1 Å². The van der Waals surface area contributed by atoms with Crippen molar-refractivity contribution in [2.75, 3.05) is 37.0 Å². The molecule has 0 spiro atoms. The van der Waals surface area contributed by atoms with Gasteiger partial charge < -0.3 is 14.5 Å². The number of carbonyl (C=O) groups is 1. The molecule has 0 aliphatic carbocycles. The minimum absolute atomic E-state index is 0.0443. The summed E-state index contributed by atoms with van der Waals surface area (Å²) in [5.41, 5.74) is 1.00. The number of benzene rings is 1. The molecule has 2 atom stereocenters. The maximum absolute atomic E-state index is 14.2. The van der Waals surface area contributed by atoms with Crippen molar-refractivity contribution < 1.29 is 13.9 Å². The summed E-state index contributed by atoms with van der Waals surface area (Å²) >= 11 is 0. The first kappa shape index (κ1) is 21.0. The highest BCUT2D eigenvalue weighted by Gasteiger charge is 2.27. The number of rotatable bonds is 8. The van der Waals surface area contributed by atoms with Crippen LogP contribution in [0.3, 0.4) is 0 Å². The summed E-state index contributed by atoms with van der Waals surface area (Å²) in [5.74, 6) is 1.29. The molecule has 0 radical (unpaired) electrons. The third kappa shape index (κ3) is 5.02. The van der Waals surface area contributed by atoms with Crippen molar-refractivity contribution in [2.24, 2.45) is 0 Å². The van der Waals surface area contributed by atoms with E-state index < -0.39 is 5.82 Å². The molecule has 1 aromatic heterocycles. The van der Waals surface area contributed by atoms with Gasteiger partial charge in [0.1, 0.15) is 17.6 Å². The Hall–Kier alpha value is -2.70. The van der Waals surface area contributed by atoms with E-state index in [0.29, 0.717) is 31.3 Å². The zero-order valence-corrected chi connectivity index (χ0v) is 17.6. The second-order valence-corrected chi connectivity index (χ2v) is 7.72. The second-order valence-electron chi connectivity index (χ2n) is 7.72. The molecule has 0 bridgehead atoms. The maximum Gasteiger partial charge on any atom is 0.226 e. The minimum atomic E-state index is -0.425. The monoisotopic (exact) mass is 400 g/mol. The molecule has 29 heavy (non-hydrogen) atoms. The number of ether oxygens (including phenoxy) is 1. The lowest BCUT2D eigenvalue weighted by atomic mass is 9.94. The van der Waals surface area contributed by atoms with Gasteiger partial charge in [-0.25, -0.2) is 9.37 Å². The van der Waals surface area contributed by atoms with Gasteiger partial charge in [0.05, 0.1) is 12.7 Å². The van der Waals surface area contributed by atoms with Gasteiger partial charge in [-0.1, -0.05) is 26.0 Å². The number of halogens is 1. The molecule has 2 heterocycles. The highest BCUT2D eigenvalue weighted by Crippen LogP contribution is 2.27. The molecular formula is C22H29FN4O2. The molecule has 0 N–H and O–H groups in total. The van der Waals surface area contributed by atoms with Crippen molar-refractivity contribution in [3.05, 3.63) is 41.8 Å². The average molecular weight is 400 g/mol. The lowest BCUT2D eigenvalue weighted by Crippen LogP contribution is -2.27. The average Bonchev–Trinajstić information content (AvgIpc) is 3.16. The molecule has 1 saturated heterocycles. The van der Waals surface area contributed by atoms with Crippen molar-refractivity contribution in [1.29, 1.82) is 0 Å². The summed E-state index contributed by atoms with van der Waals surface area (Å²) in [6.07, 6.45) is 3.43. The fourth-order valence-corrected chi connectivity index (χ4v) is 3.48. The SMILES string of the molecule is CCCC(=O)C(C)c1ccc(O[C@@H]2CCN(c3nc(N(C)C)ncc3F)C2)cc1. The Morgan fingerprint density at radius 3 is 2.72 bits per heavy atom. The zero-order chi connectivity index (χ0) is 21.0. The van der Waals surface area contributed by atoms with Crippen LogP contribution in [-0.4, -0.2) is 49.0 Å². The summed E-state index contributed by atoms with van der Waals surface area (Å²) in [6, 6.07) is 7.72. The van der Waals surface area contributed by atoms with E-state index in [1.54, 1.807) is 4.90 Å². The first-order chi connectivity index (χ1) is 13.9. The molecule has 0 saturated carbocycles. The number of hydrogen-bond acceptors (Lipinski definition) is 6. The summed E-state index contributed by atoms with van der Waals surface area (Å²) in [5, 5.41) is 0. The van der Waals surface area contributed by atoms with Gasteiger partial charge in [-0.15, -0.1) is 0 Å². The van der Waals surface area contributed by atoms with E-state index in [0.717, 1.165) is 24.2 Å². The van der Waals surface area contributed by atoms with Crippen LogP contribution in [0.5, 0.6) is 5.75 Å². The normalized spacial score (nSPS) is 17.3. The molecular weight excluding hydrogens is 371 g/mol. The van der Waals surface area contributed by atoms with Gasteiger partial charge in [-0.2, -0.15) is 4.98 Å². The van der Waals surface area contributed by atoms with E-state index >= 15 is 0 Å². The number of nitrogens with zero attached hydrogens (tertiary/aromatic N) is 4. The molecule has 3 rings (SSSR count). The summed E-state index contributed by atoms with van der Waals surface area (Å²) < 4.78 is 20.3. The molecule has 2 aromatic rings. The van der Waals surface area contributed by atoms with Crippen molar-refractivity contribution in [3.63, 3.8) is 0 Å². The third-order valence-electron chi connectivity index (χ3n) is 5.22. The van der Waals surface area contributed by atoms with E-state index in [1.165, 1.54) is 6.20 Å². The van der Waals surface area contributed by atoms with Gasteiger partial charge in [0.2, 0.25) is 5.95 Å². The summed E-state index contributed by atoms with van der Waals surface area (Å²) in [4.78, 5) is 24.1. The maximum atomic E-state index is 14.2. The predicted octanol–water partition coefficient (Wildman–Crippen LogP) is 3.81. The van der Waals surface area contributed by atoms with Gasteiger partial charge in [0.25, 0.3) is 0 Å². The number of Topliss-reactive ketones (excluding diaryl/α,β-unsaturated/α-hetero) is 1. The zero-order valence-electron chi connectivity index (χ0n) is 17.6. The Bertz CT molecular complexity index is 841. The topological polar surface area (TPSA) is 58.6 Å². The number of ketones is 1. The molecule has 7 heteroatoms. The lowest BCUT2D eigenvalue weighted by Gasteiger charge is -2.20. The van der Waals surface area contributed by atoms with Gasteiger partial charge in [-0.3, -0.25) is 4.79 Å². The van der Waals surface area contributed by atoms with Gasteiger partial charge in [0, 0.05) is 39.4 Å². The second kappa shape index (κ2) is 9.20. The van der Waals surface area contributed by atoms with Crippen LogP contribution in [0, 0.1) is 5.82 Å². The van der Waals surface area contributed by atoms with Gasteiger partial charge in [0.15, 0.2) is 11.6 Å². The largest absolute Gasteiger partial charge is 0.489 e. The molecule has 6 nitrogen and oxygen atoms in total. The number of anilines is 2. The van der Waals surface area contributed by atoms with Crippen LogP contribution < -0.4 is 14.5 Å². The molecule has 1 unspecified atom stereocenters. The minimum Gasteiger partial charge on any atom is -0.489 e. The van der Waals surface area contributed by atoms with Crippen LogP contribution in [0.25, 0.3) is 0 Å². The molecule has 1 fully saturated rings. The first-order valence-electron chi connectivity index (χ1n) is 10.1. The number of carbonyl (C=O) groups excluding carboxylic acids is 1. The predicted molar refractivity (Wildman–Crippen MR) is 112 cm³/mol. The number of hydrogen-bond donors (Lipinski definition) is 0. The van der Waals surface area contributed by atoms with E-state index in [4.69, 9.17) is 4.74 Å². The van der Waals surface area contributed by atoms with Crippen LogP contribution in [-0.2, 0) is 4.79 Å². The van der Waals surface area contributed by atoms with Crippen LogP contribution >= 0.6 is 0 Å². The Labute approximate surface area is 171 Å². The van der Waals surface area contributed by atoms with Crippen LogP contribution in [0.4, 0.5) is 16.2 Å². The molecule has 0 amide bonds. The Kier molecular flexibility index (Phi) is 6.67. The van der Waals surface area contributed by atoms with E-state index in [9.17, 15) is 9.18 Å². The highest BCUT2D eigenvalue weighted by atomic mass is 19.1. The summed E-state index contributed by atoms with van der Waals surface area (Å²) in [7, 11) is 3.65. The fraction of sp³-hybridized carbons (Fsp3) is 0.500. The van der Waals surface area contributed by atoms with E-state index in [1.807, 2.05) is 57.1 Å². The Morgan fingerprint density at radius 1 is 1.34 bits per heavy atom. The van der Waals surface area contributed by atoms with Crippen molar-refractivity contribution in [3.8, 4) is 5.75 Å². The van der Waals surface area contributed by atoms with E-state index in [2.05, 4.69) is 9.97 Å². The number of aromatic nitrogens is 2. The fourth-order valence-electron chi connectivity index (χ4n) is 3.48. The van der Waals surface area contributed by atoms with Gasteiger partial charge >= 0.3 is 0 Å². The van der Waals surface area contributed by atoms with E-state index in [-0.39, 0.29) is 17.8 Å². The Balaban J connectivity index is 1.62. The van der Waals surface area contributed by atoms with Crippen molar-refractivity contribution in [2.45, 2.75) is 45.1 Å². The first-order valence-corrected chi connectivity index (χ1v) is 10.1. The standard InChI is InChI=1S/C22H29FN4O2/c1-5-6-20(28)15(2)16-7-9-17(10-8-16)29-18-11-12-27(14-18)21-19(23)13-24-22(25-21)26(3)4/h7-10,13,15,18H,5-6,11-12,14H2,1-4H3/t15?,18-/m1/s1. The molecule has 1 aliphatic rings. The third-order valence-corrected chi connectivity index (χ3v) is 5.22. The molecule has 1 aromatic carbocycles. The summed E-state index contributed by atoms with van der Waals surface area (Å²) in [6.45, 7) is 5.20. The molecule has 156 valence electrons. The van der Waals surface area contributed by atoms with Crippen LogP contribution in [0.2, 0.25) is 0 Å². The molecule has 1 aliphatic heterocycles. The van der Waals surface area contributed by atoms with Crippen LogP contribution in [0.15, 0.2) is 30.5 Å². The smallest absolute Gasteiger partial charge is 0.226 e.